The second kappa shape index (κ2) is 7.43. The van der Waals surface area contributed by atoms with Crippen molar-refractivity contribution < 1.29 is 18.8 Å². The van der Waals surface area contributed by atoms with Crippen molar-refractivity contribution in [2.24, 2.45) is 5.84 Å². The maximum absolute atomic E-state index is 10.8. The molecule has 0 aliphatic rings. The van der Waals surface area contributed by atoms with E-state index in [0.717, 1.165) is 22.2 Å². The lowest BCUT2D eigenvalue weighted by molar-refractivity contribution is -0.445. The molecule has 4 aromatic rings. The number of fused-ring (bicyclic) bond motifs is 1. The first-order valence-corrected chi connectivity index (χ1v) is 8.72. The van der Waals surface area contributed by atoms with E-state index in [1.165, 1.54) is 23.0 Å². The van der Waals surface area contributed by atoms with Crippen molar-refractivity contribution >= 4 is 28.7 Å². The van der Waals surface area contributed by atoms with Crippen LogP contribution in [-0.4, -0.2) is 27.9 Å². The van der Waals surface area contributed by atoms with Crippen LogP contribution in [0.4, 0.5) is 11.6 Å². The fourth-order valence-electron chi connectivity index (χ4n) is 3.00. The summed E-state index contributed by atoms with van der Waals surface area (Å²) in [6.45, 7) is 0. The normalized spacial score (nSPS) is 11.6. The molecule has 0 radical (unpaired) electrons. The smallest absolute Gasteiger partial charge is 0.433 e. The van der Waals surface area contributed by atoms with Crippen LogP contribution in [0, 0.1) is 10.1 Å². The number of nitro groups is 1. The van der Waals surface area contributed by atoms with Gasteiger partial charge in [-0.25, -0.2) is 10.8 Å². The van der Waals surface area contributed by atoms with Crippen LogP contribution in [0.2, 0.25) is 0 Å². The number of nitrogens with zero attached hydrogens (tertiary/aromatic N) is 3. The van der Waals surface area contributed by atoms with Crippen molar-refractivity contribution in [3.63, 3.8) is 0 Å². The third kappa shape index (κ3) is 3.63. The quantitative estimate of drug-likeness (QED) is 0.181. The minimum absolute atomic E-state index is 0.258. The van der Waals surface area contributed by atoms with Gasteiger partial charge in [0.25, 0.3) is 0 Å². The fraction of sp³-hybridized carbons (Fsp3) is 0.0476. The molecule has 0 aliphatic heterocycles. The van der Waals surface area contributed by atoms with E-state index in [1.807, 2.05) is 54.6 Å². The highest BCUT2D eigenvalue weighted by Gasteiger charge is 2.19. The predicted molar refractivity (Wildman–Crippen MR) is 108 cm³/mol. The molecule has 0 fully saturated rings. The van der Waals surface area contributed by atoms with Crippen LogP contribution < -0.4 is 10.6 Å². The number of hydrazine groups is 1. The number of ether oxygens (including phenoxy) is 1. The highest BCUT2D eigenvalue weighted by Crippen LogP contribution is 2.31. The molecule has 29 heavy (non-hydrogen) atoms. The molecular weight excluding hydrogens is 372 g/mol. The zero-order valence-corrected chi connectivity index (χ0v) is 15.5. The van der Waals surface area contributed by atoms with Gasteiger partial charge in [-0.3, -0.25) is 10.1 Å². The van der Waals surface area contributed by atoms with Crippen LogP contribution in [0.3, 0.4) is 0 Å². The number of hydrazone groups is 1. The first-order valence-electron chi connectivity index (χ1n) is 8.72. The molecule has 0 saturated carbocycles. The van der Waals surface area contributed by atoms with Crippen LogP contribution in [0.25, 0.3) is 22.2 Å². The van der Waals surface area contributed by atoms with Crippen LogP contribution in [-0.2, 0) is 0 Å². The van der Waals surface area contributed by atoms with Crippen LogP contribution in [0.1, 0.15) is 5.76 Å². The Labute approximate surface area is 165 Å². The van der Waals surface area contributed by atoms with Gasteiger partial charge in [0.05, 0.1) is 29.8 Å². The third-order valence-corrected chi connectivity index (χ3v) is 4.40. The molecule has 4 rings (SSSR count). The van der Waals surface area contributed by atoms with E-state index < -0.39 is 4.92 Å². The fourth-order valence-corrected chi connectivity index (χ4v) is 3.00. The SMILES string of the molecule is COc1ccc2nc(-c3ccccc3)cc(/[N+](N)=C\c3ccc([N+](=O)[O-])o3)c2c1. The Balaban J connectivity index is 1.89. The van der Waals surface area contributed by atoms with Crippen LogP contribution in [0.5, 0.6) is 5.75 Å². The number of furan rings is 1. The van der Waals surface area contributed by atoms with Crippen molar-refractivity contribution in [2.45, 2.75) is 0 Å². The lowest BCUT2D eigenvalue weighted by atomic mass is 10.1. The molecule has 2 heterocycles. The number of rotatable bonds is 5. The molecule has 0 atom stereocenters. The van der Waals surface area contributed by atoms with Gasteiger partial charge < -0.3 is 9.15 Å². The average molecular weight is 389 g/mol. The Kier molecular flexibility index (Phi) is 4.66. The summed E-state index contributed by atoms with van der Waals surface area (Å²) in [5.74, 6) is 6.87. The Hall–Kier alpha value is -4.20. The molecule has 0 saturated heterocycles. The molecule has 0 unspecified atom stereocenters. The number of aromatic nitrogens is 1. The third-order valence-electron chi connectivity index (χ3n) is 4.40. The second-order valence-corrected chi connectivity index (χ2v) is 6.25. The van der Waals surface area contributed by atoms with Crippen molar-refractivity contribution in [3.05, 3.63) is 82.6 Å². The lowest BCUT2D eigenvalue weighted by Crippen LogP contribution is -2.16. The van der Waals surface area contributed by atoms with E-state index in [2.05, 4.69) is 0 Å². The zero-order chi connectivity index (χ0) is 20.4. The summed E-state index contributed by atoms with van der Waals surface area (Å²) in [5, 5.41) is 11.6. The van der Waals surface area contributed by atoms with Gasteiger partial charge in [0.1, 0.15) is 10.7 Å². The first kappa shape index (κ1) is 18.2. The van der Waals surface area contributed by atoms with Gasteiger partial charge in [0, 0.05) is 11.6 Å². The number of hydrogen-bond acceptors (Lipinski definition) is 6. The molecule has 8 heteroatoms. The second-order valence-electron chi connectivity index (χ2n) is 6.25. The summed E-state index contributed by atoms with van der Waals surface area (Å²) in [5.41, 5.74) is 3.06. The monoisotopic (exact) mass is 389 g/mol. The molecular formula is C21H17N4O4+. The minimum Gasteiger partial charge on any atom is -0.497 e. The topological polar surface area (TPSA) is 107 Å². The van der Waals surface area contributed by atoms with Gasteiger partial charge in [-0.2, -0.15) is 0 Å². The van der Waals surface area contributed by atoms with Gasteiger partial charge in [-0.15, -0.1) is 0 Å². The predicted octanol–water partition coefficient (Wildman–Crippen LogP) is 4.05. The number of nitrogens with two attached hydrogens (primary N) is 1. The lowest BCUT2D eigenvalue weighted by Gasteiger charge is -2.07. The molecule has 2 N–H and O–H groups in total. The Morgan fingerprint density at radius 2 is 1.90 bits per heavy atom. The van der Waals surface area contributed by atoms with Crippen molar-refractivity contribution in [1.29, 1.82) is 0 Å². The average Bonchev–Trinajstić information content (AvgIpc) is 3.22. The molecule has 144 valence electrons. The van der Waals surface area contributed by atoms with Gasteiger partial charge in [-0.1, -0.05) is 35.0 Å². The van der Waals surface area contributed by atoms with E-state index in [-0.39, 0.29) is 11.6 Å². The van der Waals surface area contributed by atoms with Crippen molar-refractivity contribution in [2.75, 3.05) is 7.11 Å². The summed E-state index contributed by atoms with van der Waals surface area (Å²) in [6, 6.07) is 19.9. The van der Waals surface area contributed by atoms with E-state index in [9.17, 15) is 10.1 Å². The van der Waals surface area contributed by atoms with E-state index in [0.29, 0.717) is 11.4 Å². The zero-order valence-electron chi connectivity index (χ0n) is 15.5. The molecule has 2 aromatic heterocycles. The number of hydrogen-bond donors (Lipinski definition) is 1. The largest absolute Gasteiger partial charge is 0.497 e. The molecule has 0 aliphatic carbocycles. The summed E-state index contributed by atoms with van der Waals surface area (Å²) in [4.78, 5) is 15.0. The van der Waals surface area contributed by atoms with Crippen LogP contribution >= 0.6 is 0 Å². The van der Waals surface area contributed by atoms with Crippen molar-refractivity contribution in [1.82, 2.24) is 4.98 Å². The molecule has 8 nitrogen and oxygen atoms in total. The van der Waals surface area contributed by atoms with Gasteiger partial charge in [0.15, 0.2) is 0 Å². The summed E-state index contributed by atoms with van der Waals surface area (Å²) in [7, 11) is 1.58. The molecule has 2 aromatic carbocycles. The number of benzene rings is 2. The highest BCUT2D eigenvalue weighted by molar-refractivity contribution is 5.92. The Bertz CT molecular complexity index is 1230. The summed E-state index contributed by atoms with van der Waals surface area (Å²) >= 11 is 0. The van der Waals surface area contributed by atoms with Gasteiger partial charge in [0.2, 0.25) is 17.7 Å². The van der Waals surface area contributed by atoms with Gasteiger partial charge >= 0.3 is 5.88 Å². The summed E-state index contributed by atoms with van der Waals surface area (Å²) < 4.78 is 11.9. The molecule has 0 amide bonds. The van der Waals surface area contributed by atoms with Crippen molar-refractivity contribution in [3.8, 4) is 17.0 Å². The minimum atomic E-state index is -0.599. The highest BCUT2D eigenvalue weighted by atomic mass is 16.6. The maximum Gasteiger partial charge on any atom is 0.433 e. The van der Waals surface area contributed by atoms with E-state index >= 15 is 0 Å². The van der Waals surface area contributed by atoms with Crippen LogP contribution in [0.15, 0.2) is 71.1 Å². The summed E-state index contributed by atoms with van der Waals surface area (Å²) in [6.07, 6.45) is 1.48. The Morgan fingerprint density at radius 3 is 2.59 bits per heavy atom. The molecule has 0 spiro atoms. The van der Waals surface area contributed by atoms with Gasteiger partial charge in [-0.05, 0) is 24.3 Å². The standard InChI is InChI=1S/C21H17N4O4/c1-28-15-7-9-18-17(11-15)20(12-19(23-18)14-5-3-2-4-6-14)24(22)13-16-8-10-21(29-16)25(26)27/h2-13H,22H2,1H3/q+1/b24-13+. The van der Waals surface area contributed by atoms with E-state index in [1.54, 1.807) is 7.11 Å². The maximum atomic E-state index is 10.8. The Morgan fingerprint density at radius 1 is 1.10 bits per heavy atom. The van der Waals surface area contributed by atoms with E-state index in [4.69, 9.17) is 20.0 Å². The number of pyridine rings is 1. The first-order chi connectivity index (χ1) is 14.0. The number of methoxy groups -OCH3 is 1. The molecule has 0 bridgehead atoms.